The molecule has 1 amide bonds. The van der Waals surface area contributed by atoms with Gasteiger partial charge >= 0.3 is 12.1 Å². The fourth-order valence-corrected chi connectivity index (χ4v) is 3.95. The molecule has 0 aliphatic heterocycles. The summed E-state index contributed by atoms with van der Waals surface area (Å²) in [5.74, 6) is -0.880. The summed E-state index contributed by atoms with van der Waals surface area (Å²) in [6, 6.07) is 23.3. The number of alkyl carbamates (subject to hydrolysis) is 1. The van der Waals surface area contributed by atoms with Crippen molar-refractivity contribution in [2.24, 2.45) is 0 Å². The molecule has 0 heterocycles. The van der Waals surface area contributed by atoms with Crippen LogP contribution in [-0.4, -0.2) is 30.3 Å². The number of amides is 1. The lowest BCUT2D eigenvalue weighted by Crippen LogP contribution is -2.27. The molecule has 3 aromatic carbocycles. The van der Waals surface area contributed by atoms with Crippen LogP contribution in [0.3, 0.4) is 0 Å². The number of carbonyl (C=O) groups is 2. The Balaban J connectivity index is 1.26. The number of carboxylic acid groups (broad SMARTS) is 1. The van der Waals surface area contributed by atoms with Crippen LogP contribution in [0.1, 0.15) is 39.4 Å². The van der Waals surface area contributed by atoms with Gasteiger partial charge in [0.2, 0.25) is 0 Å². The van der Waals surface area contributed by atoms with Gasteiger partial charge in [0, 0.05) is 12.5 Å². The number of fused-ring (bicyclic) bond motifs is 3. The van der Waals surface area contributed by atoms with Crippen molar-refractivity contribution < 1.29 is 19.4 Å². The van der Waals surface area contributed by atoms with E-state index in [1.165, 1.54) is 22.3 Å². The van der Waals surface area contributed by atoms with Crippen LogP contribution in [0.4, 0.5) is 4.79 Å². The molecule has 1 aliphatic rings. The number of aryl methyl sites for hydroxylation is 1. The van der Waals surface area contributed by atoms with Crippen molar-refractivity contribution in [3.05, 3.63) is 95.1 Å². The standard InChI is InChI=1S/C25H23NO4/c27-24(28)18-13-11-17(12-14-18)6-5-15-26-25(29)30-16-23-21-9-3-1-7-19(21)20-8-2-4-10-22(20)23/h1-4,7-14,23H,5-6,15-16H2,(H,26,29)(H,27,28). The molecule has 4 rings (SSSR count). The lowest BCUT2D eigenvalue weighted by molar-refractivity contribution is 0.0696. The summed E-state index contributed by atoms with van der Waals surface area (Å²) in [7, 11) is 0. The van der Waals surface area contributed by atoms with Gasteiger partial charge in [-0.25, -0.2) is 9.59 Å². The summed E-state index contributed by atoms with van der Waals surface area (Å²) in [5, 5.41) is 11.7. The lowest BCUT2D eigenvalue weighted by Gasteiger charge is -2.14. The zero-order valence-corrected chi connectivity index (χ0v) is 16.5. The summed E-state index contributed by atoms with van der Waals surface area (Å²) < 4.78 is 5.52. The molecular formula is C25H23NO4. The normalized spacial score (nSPS) is 12.1. The number of carboxylic acids is 1. The Morgan fingerprint density at radius 3 is 2.07 bits per heavy atom. The minimum Gasteiger partial charge on any atom is -0.478 e. The van der Waals surface area contributed by atoms with Gasteiger partial charge in [-0.1, -0.05) is 60.7 Å². The van der Waals surface area contributed by atoms with Crippen LogP contribution in [0, 0.1) is 0 Å². The number of aromatic carboxylic acids is 1. The molecule has 0 saturated carbocycles. The summed E-state index contributed by atoms with van der Waals surface area (Å²) >= 11 is 0. The van der Waals surface area contributed by atoms with E-state index < -0.39 is 12.1 Å². The molecule has 0 fully saturated rings. The Morgan fingerprint density at radius 1 is 0.867 bits per heavy atom. The molecule has 0 bridgehead atoms. The van der Waals surface area contributed by atoms with Crippen molar-refractivity contribution in [3.63, 3.8) is 0 Å². The maximum absolute atomic E-state index is 12.2. The molecule has 152 valence electrons. The monoisotopic (exact) mass is 401 g/mol. The van der Waals surface area contributed by atoms with E-state index >= 15 is 0 Å². The van der Waals surface area contributed by atoms with Gasteiger partial charge in [-0.2, -0.15) is 0 Å². The second-order valence-corrected chi connectivity index (χ2v) is 7.36. The number of carbonyl (C=O) groups excluding carboxylic acids is 1. The molecule has 3 aromatic rings. The van der Waals surface area contributed by atoms with Crippen molar-refractivity contribution in [1.82, 2.24) is 5.32 Å². The van der Waals surface area contributed by atoms with Gasteiger partial charge in [0.25, 0.3) is 0 Å². The second kappa shape index (κ2) is 8.82. The summed E-state index contributed by atoms with van der Waals surface area (Å²) in [5.41, 5.74) is 6.10. The van der Waals surface area contributed by atoms with Crippen molar-refractivity contribution in [2.75, 3.05) is 13.2 Å². The van der Waals surface area contributed by atoms with E-state index in [0.717, 1.165) is 18.4 Å². The number of hydrogen-bond donors (Lipinski definition) is 2. The highest BCUT2D eigenvalue weighted by atomic mass is 16.5. The molecule has 0 radical (unpaired) electrons. The van der Waals surface area contributed by atoms with Crippen LogP contribution in [-0.2, 0) is 11.2 Å². The molecule has 0 unspecified atom stereocenters. The Bertz CT molecular complexity index is 1010. The SMILES string of the molecule is O=C(NCCCc1ccc(C(=O)O)cc1)OCC1c2ccccc2-c2ccccc21. The average molecular weight is 401 g/mol. The third kappa shape index (κ3) is 4.20. The van der Waals surface area contributed by atoms with Gasteiger partial charge in [0.1, 0.15) is 6.61 Å². The summed E-state index contributed by atoms with van der Waals surface area (Å²) in [6.45, 7) is 0.799. The molecule has 0 saturated heterocycles. The minimum absolute atomic E-state index is 0.0518. The minimum atomic E-state index is -0.932. The molecule has 30 heavy (non-hydrogen) atoms. The van der Waals surface area contributed by atoms with Crippen molar-refractivity contribution in [2.45, 2.75) is 18.8 Å². The zero-order valence-electron chi connectivity index (χ0n) is 16.5. The Kier molecular flexibility index (Phi) is 5.80. The van der Waals surface area contributed by atoms with Crippen LogP contribution in [0.2, 0.25) is 0 Å². The first-order valence-corrected chi connectivity index (χ1v) is 10.0. The highest BCUT2D eigenvalue weighted by molar-refractivity contribution is 5.87. The molecule has 2 N–H and O–H groups in total. The fourth-order valence-electron chi connectivity index (χ4n) is 3.95. The quantitative estimate of drug-likeness (QED) is 0.555. The van der Waals surface area contributed by atoms with Crippen LogP contribution >= 0.6 is 0 Å². The summed E-state index contributed by atoms with van der Waals surface area (Å²) in [4.78, 5) is 23.0. The highest BCUT2D eigenvalue weighted by Crippen LogP contribution is 2.44. The first kappa shape index (κ1) is 19.7. The molecule has 5 heteroatoms. The maximum atomic E-state index is 12.2. The predicted octanol–water partition coefficient (Wildman–Crippen LogP) is 4.86. The zero-order chi connectivity index (χ0) is 20.9. The van der Waals surface area contributed by atoms with Gasteiger partial charge in [0.05, 0.1) is 5.56 Å². The van der Waals surface area contributed by atoms with Crippen molar-refractivity contribution in [1.29, 1.82) is 0 Å². The number of benzene rings is 3. The maximum Gasteiger partial charge on any atom is 0.407 e. The second-order valence-electron chi connectivity index (χ2n) is 7.36. The summed E-state index contributed by atoms with van der Waals surface area (Å²) in [6.07, 6.45) is 1.08. The third-order valence-electron chi connectivity index (χ3n) is 5.46. The van der Waals surface area contributed by atoms with E-state index in [-0.39, 0.29) is 11.5 Å². The first-order valence-electron chi connectivity index (χ1n) is 10.0. The van der Waals surface area contributed by atoms with E-state index in [0.29, 0.717) is 13.2 Å². The van der Waals surface area contributed by atoms with Gasteiger partial charge in [-0.15, -0.1) is 0 Å². The van der Waals surface area contributed by atoms with Gasteiger partial charge in [-0.05, 0) is 52.8 Å². The third-order valence-corrected chi connectivity index (χ3v) is 5.46. The smallest absolute Gasteiger partial charge is 0.407 e. The van der Waals surface area contributed by atoms with Crippen LogP contribution in [0.15, 0.2) is 72.8 Å². The van der Waals surface area contributed by atoms with E-state index in [1.54, 1.807) is 24.3 Å². The largest absolute Gasteiger partial charge is 0.478 e. The Hall–Kier alpha value is -3.60. The number of nitrogens with one attached hydrogen (secondary N) is 1. The Labute approximate surface area is 175 Å². The van der Waals surface area contributed by atoms with Gasteiger partial charge in [-0.3, -0.25) is 0 Å². The van der Waals surface area contributed by atoms with Crippen LogP contribution in [0.5, 0.6) is 0 Å². The molecule has 1 aliphatic carbocycles. The molecular weight excluding hydrogens is 378 g/mol. The molecule has 0 spiro atoms. The van der Waals surface area contributed by atoms with Crippen molar-refractivity contribution in [3.8, 4) is 11.1 Å². The topological polar surface area (TPSA) is 75.6 Å². The predicted molar refractivity (Wildman–Crippen MR) is 115 cm³/mol. The van der Waals surface area contributed by atoms with E-state index in [4.69, 9.17) is 9.84 Å². The number of hydrogen-bond acceptors (Lipinski definition) is 3. The Morgan fingerprint density at radius 2 is 1.47 bits per heavy atom. The van der Waals surface area contributed by atoms with Crippen LogP contribution in [0.25, 0.3) is 11.1 Å². The van der Waals surface area contributed by atoms with Gasteiger partial charge < -0.3 is 15.2 Å². The highest BCUT2D eigenvalue weighted by Gasteiger charge is 2.28. The average Bonchev–Trinajstić information content (AvgIpc) is 3.09. The molecule has 5 nitrogen and oxygen atoms in total. The van der Waals surface area contributed by atoms with E-state index in [1.807, 2.05) is 24.3 Å². The van der Waals surface area contributed by atoms with E-state index in [9.17, 15) is 9.59 Å². The number of rotatable bonds is 7. The van der Waals surface area contributed by atoms with Crippen LogP contribution < -0.4 is 5.32 Å². The number of ether oxygens (including phenoxy) is 1. The lowest BCUT2D eigenvalue weighted by atomic mass is 9.98. The van der Waals surface area contributed by atoms with Gasteiger partial charge in [0.15, 0.2) is 0 Å². The first-order chi connectivity index (χ1) is 14.6. The van der Waals surface area contributed by atoms with E-state index in [2.05, 4.69) is 29.6 Å². The fraction of sp³-hybridized carbons (Fsp3) is 0.200. The van der Waals surface area contributed by atoms with Crippen molar-refractivity contribution >= 4 is 12.1 Å². The molecule has 0 atom stereocenters. The molecule has 0 aromatic heterocycles.